The zero-order valence-corrected chi connectivity index (χ0v) is 8.52. The van der Waals surface area contributed by atoms with Gasteiger partial charge in [0.25, 0.3) is 0 Å². The first-order valence-electron chi connectivity index (χ1n) is 3.10. The van der Waals surface area contributed by atoms with E-state index in [2.05, 4.69) is 4.47 Å². The lowest BCUT2D eigenvalue weighted by Gasteiger charge is -2.07. The van der Waals surface area contributed by atoms with E-state index in [4.69, 9.17) is 23.2 Å². The van der Waals surface area contributed by atoms with Gasteiger partial charge in [-0.05, 0) is 0 Å². The maximum absolute atomic E-state index is 10.1. The maximum atomic E-state index is 10.1. The Morgan fingerprint density at radius 1 is 1.25 bits per heavy atom. The van der Waals surface area contributed by atoms with Crippen molar-refractivity contribution in [1.29, 1.82) is 0 Å². The lowest BCUT2D eigenvalue weighted by molar-refractivity contribution is 0.362. The van der Waals surface area contributed by atoms with E-state index in [1.165, 1.54) is 16.1 Å². The molecule has 0 N–H and O–H groups in total. The van der Waals surface area contributed by atoms with E-state index >= 15 is 0 Å². The molecule has 68 valence electrons. The minimum Gasteiger partial charge on any atom is -0.190 e. The van der Waals surface area contributed by atoms with Crippen LogP contribution in [-0.2, 0) is 11.5 Å². The van der Waals surface area contributed by atoms with Crippen molar-refractivity contribution in [2.75, 3.05) is 13.1 Å². The summed E-state index contributed by atoms with van der Waals surface area (Å²) in [7, 11) is 0. The van der Waals surface area contributed by atoms with Crippen LogP contribution in [0.5, 0.6) is 0 Å². The van der Waals surface area contributed by atoms with Crippen LogP contribution in [0.2, 0.25) is 0 Å². The van der Waals surface area contributed by atoms with Gasteiger partial charge in [-0.15, -0.1) is 4.47 Å². The Kier molecular flexibility index (Phi) is 8.81. The van der Waals surface area contributed by atoms with Crippen molar-refractivity contribution in [2.24, 2.45) is 4.47 Å². The third-order valence-electron chi connectivity index (χ3n) is 0.959. The predicted molar refractivity (Wildman–Crippen MR) is 52.1 cm³/mol. The summed E-state index contributed by atoms with van der Waals surface area (Å²) in [5.41, 5.74) is 2.75. The molecule has 0 aromatic rings. The lowest BCUT2D eigenvalue weighted by atomic mass is 10.5. The highest BCUT2D eigenvalue weighted by atomic mass is 35.5. The van der Waals surface area contributed by atoms with Crippen molar-refractivity contribution >= 4 is 34.7 Å². The Morgan fingerprint density at radius 3 is 2.08 bits per heavy atom. The molecule has 0 aromatic heterocycles. The summed E-state index contributed by atoms with van der Waals surface area (Å²) in [6.45, 7) is 1.000. The zero-order valence-electron chi connectivity index (χ0n) is 6.19. The lowest BCUT2D eigenvalue weighted by Crippen LogP contribution is -2.16. The molecule has 0 saturated carbocycles. The first kappa shape index (κ1) is 11.8. The smallest absolute Gasteiger partial charge is 0.190 e. The van der Waals surface area contributed by atoms with Gasteiger partial charge in [-0.25, -0.2) is 0 Å². The van der Waals surface area contributed by atoms with Gasteiger partial charge in [0.1, 0.15) is 0 Å². The summed E-state index contributed by atoms with van der Waals surface area (Å²) in [5.74, 6) is 0. The van der Waals surface area contributed by atoms with Crippen molar-refractivity contribution < 1.29 is 4.21 Å². The molecule has 6 heteroatoms. The fourth-order valence-electron chi connectivity index (χ4n) is 0.511. The van der Waals surface area contributed by atoms with Gasteiger partial charge >= 0.3 is 0 Å². The summed E-state index contributed by atoms with van der Waals surface area (Å²) in [5, 5.41) is 1.54. The molecule has 0 unspecified atom stereocenters. The van der Waals surface area contributed by atoms with E-state index in [0.717, 1.165) is 0 Å². The van der Waals surface area contributed by atoms with E-state index < -0.39 is 0 Å². The van der Waals surface area contributed by atoms with Crippen LogP contribution in [0.15, 0.2) is 27.7 Å². The summed E-state index contributed by atoms with van der Waals surface area (Å²) in [6, 6.07) is 0. The van der Waals surface area contributed by atoms with Crippen LogP contribution in [-0.4, -0.2) is 22.3 Å². The van der Waals surface area contributed by atoms with Crippen LogP contribution in [0.25, 0.3) is 0 Å². The number of hydrogen-bond donors (Lipinski definition) is 0. The number of hydrogen-bond acceptors (Lipinski definition) is 2. The van der Waals surface area contributed by atoms with Gasteiger partial charge in [0.05, 0.1) is 0 Å². The minimum absolute atomic E-state index is 0.158. The monoisotopic (exact) mass is 226 g/mol. The van der Waals surface area contributed by atoms with Crippen LogP contribution < -0.4 is 0 Å². The Bertz CT molecular complexity index is 200. The molecule has 0 spiro atoms. The van der Waals surface area contributed by atoms with Gasteiger partial charge in [-0.1, -0.05) is 35.4 Å². The quantitative estimate of drug-likeness (QED) is 0.674. The van der Waals surface area contributed by atoms with Gasteiger partial charge in [0, 0.05) is 24.2 Å². The molecule has 0 atom stereocenters. The Labute approximate surface area is 84.9 Å². The molecule has 0 aliphatic rings. The predicted octanol–water partition coefficient (Wildman–Crippen LogP) is 2.10. The molecule has 12 heavy (non-hydrogen) atoms. The highest BCUT2D eigenvalue weighted by molar-refractivity contribution is 7.54. The van der Waals surface area contributed by atoms with Crippen molar-refractivity contribution in [3.05, 3.63) is 23.2 Å². The summed E-state index contributed by atoms with van der Waals surface area (Å²) in [4.78, 5) is 0. The first-order valence-corrected chi connectivity index (χ1v) is 4.67. The van der Waals surface area contributed by atoms with Crippen molar-refractivity contribution in [1.82, 2.24) is 5.01 Å². The highest BCUT2D eigenvalue weighted by Crippen LogP contribution is 1.92. The second-order valence-corrected chi connectivity index (χ2v) is 2.57. The number of nitrogens with zero attached hydrogens (tertiary/aromatic N) is 2. The van der Waals surface area contributed by atoms with Crippen LogP contribution in [0.4, 0.5) is 0 Å². The third-order valence-corrected chi connectivity index (χ3v) is 1.61. The van der Waals surface area contributed by atoms with Crippen molar-refractivity contribution in [2.45, 2.75) is 0 Å². The fraction of sp³-hybridized carbons (Fsp3) is 0.333. The molecule has 0 aromatic carbocycles. The van der Waals surface area contributed by atoms with Gasteiger partial charge in [-0.2, -0.15) is 9.22 Å². The van der Waals surface area contributed by atoms with Gasteiger partial charge in [0.2, 0.25) is 11.5 Å². The average Bonchev–Trinajstić information content (AvgIpc) is 2.10. The molecule has 0 saturated heterocycles. The summed E-state index contributed by atoms with van der Waals surface area (Å²) >= 11 is 10.8. The topological polar surface area (TPSA) is 32.7 Å². The highest BCUT2D eigenvalue weighted by Gasteiger charge is 1.95. The van der Waals surface area contributed by atoms with Crippen molar-refractivity contribution in [3.63, 3.8) is 0 Å². The molecule has 0 fully saturated rings. The van der Waals surface area contributed by atoms with Crippen LogP contribution in [0, 0.1) is 0 Å². The fourth-order valence-corrected chi connectivity index (χ4v) is 0.898. The second kappa shape index (κ2) is 8.93. The Morgan fingerprint density at radius 2 is 1.75 bits per heavy atom. The van der Waals surface area contributed by atoms with E-state index in [1.54, 1.807) is 12.2 Å². The zero-order chi connectivity index (χ0) is 9.23. The Balaban J connectivity index is 3.93. The SMILES string of the molecule is O=S=NN(C/C=C\Cl)C/C=C\Cl. The molecule has 0 aliphatic carbocycles. The van der Waals surface area contributed by atoms with E-state index in [-0.39, 0.29) is 11.5 Å². The van der Waals surface area contributed by atoms with Gasteiger partial charge < -0.3 is 0 Å². The van der Waals surface area contributed by atoms with Gasteiger partial charge in [-0.3, -0.25) is 0 Å². The normalized spacial score (nSPS) is 11.6. The molecule has 0 bridgehead atoms. The standard InChI is InChI=1S/C6H8Cl2N2OS/c7-3-1-5-10(9-12-11)6-2-4-8/h1-4H,5-6H2/b3-1-,4-2-. The van der Waals surface area contributed by atoms with E-state index in [1.807, 2.05) is 0 Å². The molecule has 3 nitrogen and oxygen atoms in total. The molecule has 0 aliphatic heterocycles. The van der Waals surface area contributed by atoms with Crippen molar-refractivity contribution in [3.8, 4) is 0 Å². The number of halogens is 2. The second-order valence-electron chi connectivity index (χ2n) is 1.75. The molecular weight excluding hydrogens is 219 g/mol. The summed E-state index contributed by atoms with van der Waals surface area (Å²) in [6.07, 6.45) is 3.37. The molecular formula is C6H8Cl2N2OS. The van der Waals surface area contributed by atoms with Crippen LogP contribution in [0.3, 0.4) is 0 Å². The van der Waals surface area contributed by atoms with E-state index in [0.29, 0.717) is 13.1 Å². The maximum Gasteiger partial charge on any atom is 0.218 e. The van der Waals surface area contributed by atoms with Crippen LogP contribution in [0.1, 0.15) is 0 Å². The molecule has 0 radical (unpaired) electrons. The summed E-state index contributed by atoms with van der Waals surface area (Å²) < 4.78 is 13.6. The van der Waals surface area contributed by atoms with E-state index in [9.17, 15) is 4.21 Å². The third kappa shape index (κ3) is 6.54. The van der Waals surface area contributed by atoms with Crippen LogP contribution >= 0.6 is 23.2 Å². The molecule has 0 rings (SSSR count). The molecule has 0 amide bonds. The van der Waals surface area contributed by atoms with Gasteiger partial charge in [0.15, 0.2) is 0 Å². The Hall–Kier alpha value is -0.160. The molecule has 0 heterocycles. The largest absolute Gasteiger partial charge is 0.218 e. The minimum atomic E-state index is 0.158. The average molecular weight is 227 g/mol. The first-order chi connectivity index (χ1) is 5.85. The number of rotatable bonds is 5.